The van der Waals surface area contributed by atoms with E-state index in [1.807, 2.05) is 0 Å². The number of fused-ring (bicyclic) bond motifs is 2. The maximum atomic E-state index is 3.06. The van der Waals surface area contributed by atoms with E-state index in [0.29, 0.717) is 11.8 Å². The summed E-state index contributed by atoms with van der Waals surface area (Å²) in [6.07, 6.45) is 2.33. The van der Waals surface area contributed by atoms with Crippen molar-refractivity contribution in [2.75, 3.05) is 0 Å². The fraction of sp³-hybridized carbons (Fsp3) is 0.154. The Morgan fingerprint density at radius 3 is 0.946 bits per heavy atom. The third-order valence-electron chi connectivity index (χ3n) is 10.5. The van der Waals surface area contributed by atoms with Crippen LogP contribution in [0, 0.1) is 14.9 Å². The maximum absolute atomic E-state index is 3.06. The van der Waals surface area contributed by atoms with Gasteiger partial charge < -0.3 is 14.9 Å². The van der Waals surface area contributed by atoms with E-state index < -0.39 is 0 Å². The zero-order valence-electron chi connectivity index (χ0n) is 33.6. The summed E-state index contributed by atoms with van der Waals surface area (Å²) in [6.45, 7) is 12.2. The molecular weight excluding hydrogens is 815 g/mol. The van der Waals surface area contributed by atoms with Gasteiger partial charge in [0.2, 0.25) is 0 Å². The summed E-state index contributed by atoms with van der Waals surface area (Å²) in [5.74, 6) is 1.17. The second-order valence-electron chi connectivity index (χ2n) is 13.6. The Kier molecular flexibility index (Phi) is 20.3. The van der Waals surface area contributed by atoms with Crippen molar-refractivity contribution in [2.24, 2.45) is 0 Å². The average Bonchev–Trinajstić information content (AvgIpc) is 3.88. The third kappa shape index (κ3) is 10.8. The number of rotatable bonds is 8. The summed E-state index contributed by atoms with van der Waals surface area (Å²) in [7, 11) is 0. The zero-order valence-corrected chi connectivity index (χ0v) is 38.6. The molecule has 2 atom stereocenters. The van der Waals surface area contributed by atoms with Crippen LogP contribution in [0.2, 0.25) is 0 Å². The van der Waals surface area contributed by atoms with Crippen molar-refractivity contribution in [3.63, 3.8) is 0 Å². The van der Waals surface area contributed by atoms with Crippen molar-refractivity contribution < 1.29 is 23.3 Å². The SMILES string of the molecule is CCC(C)c1cc2c(-c3ccccc3)ccc(-c3ccccc3)c2[cH-]1.CCC(C)c1cc2c(-c3ccccc3)ccc(-c3ccccc3)c2[cH-]1.Cl.Cl.[CH3-].[CH3-].[Si]=[Zr]. The second-order valence-corrected chi connectivity index (χ2v) is 13.6. The zero-order chi connectivity index (χ0) is 36.5. The van der Waals surface area contributed by atoms with Crippen LogP contribution >= 0.6 is 24.8 Å². The summed E-state index contributed by atoms with van der Waals surface area (Å²) in [4.78, 5) is 0. The Morgan fingerprint density at radius 1 is 0.429 bits per heavy atom. The molecule has 288 valence electrons. The van der Waals surface area contributed by atoms with Gasteiger partial charge in [0.1, 0.15) is 0 Å². The van der Waals surface area contributed by atoms with Crippen LogP contribution in [-0.4, -0.2) is 6.88 Å². The molecule has 2 unspecified atom stereocenters. The van der Waals surface area contributed by atoms with Gasteiger partial charge in [-0.05, 0) is 23.0 Å². The van der Waals surface area contributed by atoms with Crippen molar-refractivity contribution >= 4 is 53.2 Å². The summed E-state index contributed by atoms with van der Waals surface area (Å²) in [6, 6.07) is 61.6. The summed E-state index contributed by atoms with van der Waals surface area (Å²) >= 11 is 1.36. The Morgan fingerprint density at radius 2 is 0.679 bits per heavy atom. The first-order chi connectivity index (χ1) is 25.6. The van der Waals surface area contributed by atoms with Crippen molar-refractivity contribution in [3.05, 3.63) is 196 Å². The molecule has 0 amide bonds. The fourth-order valence-corrected chi connectivity index (χ4v) is 7.16. The Balaban J connectivity index is 0.000000347. The van der Waals surface area contributed by atoms with Gasteiger partial charge in [0.25, 0.3) is 0 Å². The first kappa shape index (κ1) is 48.4. The van der Waals surface area contributed by atoms with Crippen LogP contribution in [0.4, 0.5) is 0 Å². The van der Waals surface area contributed by atoms with E-state index in [9.17, 15) is 0 Å². The molecule has 0 heterocycles. The van der Waals surface area contributed by atoms with E-state index in [-0.39, 0.29) is 39.7 Å². The second kappa shape index (κ2) is 23.5. The fourth-order valence-electron chi connectivity index (χ4n) is 7.16. The number of halogens is 2. The van der Waals surface area contributed by atoms with E-state index in [2.05, 4.69) is 204 Å². The summed E-state index contributed by atoms with van der Waals surface area (Å²) in [5.41, 5.74) is 13.3. The molecule has 8 aromatic rings. The predicted molar refractivity (Wildman–Crippen MR) is 251 cm³/mol. The van der Waals surface area contributed by atoms with Gasteiger partial charge in [-0.15, -0.1) is 69.6 Å². The van der Waals surface area contributed by atoms with E-state index >= 15 is 0 Å². The Bertz CT molecular complexity index is 2010. The van der Waals surface area contributed by atoms with Gasteiger partial charge in [0, 0.05) is 0 Å². The van der Waals surface area contributed by atoms with Crippen LogP contribution < -0.4 is 0 Å². The molecular formula is C52H54Cl2SiZr-4. The van der Waals surface area contributed by atoms with E-state index in [0.717, 1.165) is 12.8 Å². The number of hydrogen-bond acceptors (Lipinski definition) is 0. The van der Waals surface area contributed by atoms with Crippen LogP contribution in [0.5, 0.6) is 0 Å². The quantitative estimate of drug-likeness (QED) is 0.105. The first-order valence-corrected chi connectivity index (χ1v) is 22.7. The van der Waals surface area contributed by atoms with E-state index in [1.165, 1.54) is 101 Å². The first-order valence-electron chi connectivity index (χ1n) is 18.5. The van der Waals surface area contributed by atoms with Crippen LogP contribution in [0.3, 0.4) is 0 Å². The Labute approximate surface area is 366 Å². The van der Waals surface area contributed by atoms with Crippen molar-refractivity contribution in [1.82, 2.24) is 0 Å². The molecule has 0 fully saturated rings. The molecule has 0 aliphatic heterocycles. The van der Waals surface area contributed by atoms with Crippen LogP contribution in [-0.2, 0) is 23.3 Å². The minimum atomic E-state index is 0. The van der Waals surface area contributed by atoms with Gasteiger partial charge >= 0.3 is 30.2 Å². The van der Waals surface area contributed by atoms with Crippen LogP contribution in [0.15, 0.2) is 170 Å². The van der Waals surface area contributed by atoms with Gasteiger partial charge in [-0.3, -0.25) is 0 Å². The molecule has 2 radical (unpaired) electrons. The molecule has 8 aromatic carbocycles. The van der Waals surface area contributed by atoms with E-state index in [4.69, 9.17) is 0 Å². The topological polar surface area (TPSA) is 0 Å². The molecule has 0 bridgehead atoms. The molecule has 0 aliphatic carbocycles. The molecule has 0 spiro atoms. The molecule has 56 heavy (non-hydrogen) atoms. The van der Waals surface area contributed by atoms with Gasteiger partial charge in [0.05, 0.1) is 0 Å². The van der Waals surface area contributed by atoms with Gasteiger partial charge in [-0.25, -0.2) is 0 Å². The van der Waals surface area contributed by atoms with Gasteiger partial charge in [-0.2, -0.15) is 12.1 Å². The standard InChI is InChI=1S/2C25H23.2CH3.2ClH.Si.Zr/c2*1-3-18(2)21-16-24-22(19-10-6-4-7-11-19)14-15-23(25(24)17-21)20-12-8-5-9-13-20;;;;;;/h2*4-18H,3H2,1-2H3;2*1H3;2*1H;;/q4*-1;;;;. The van der Waals surface area contributed by atoms with Crippen molar-refractivity contribution in [1.29, 1.82) is 0 Å². The number of hydrogen-bond donors (Lipinski definition) is 0. The molecule has 0 aromatic heterocycles. The molecule has 0 saturated carbocycles. The molecule has 0 nitrogen and oxygen atoms in total. The normalized spacial score (nSPS) is 11.1. The summed E-state index contributed by atoms with van der Waals surface area (Å²) in [5, 5.41) is 5.46. The van der Waals surface area contributed by atoms with Gasteiger partial charge in [0.15, 0.2) is 0 Å². The molecule has 0 saturated heterocycles. The monoisotopic (exact) mass is 866 g/mol. The summed E-state index contributed by atoms with van der Waals surface area (Å²) < 4.78 is 0. The molecule has 8 rings (SSSR count). The van der Waals surface area contributed by atoms with Crippen molar-refractivity contribution in [3.8, 4) is 44.5 Å². The Hall–Kier alpha value is -3.78. The third-order valence-corrected chi connectivity index (χ3v) is 10.5. The molecule has 0 N–H and O–H groups in total. The van der Waals surface area contributed by atoms with Gasteiger partial charge in [-0.1, -0.05) is 220 Å². The molecule has 4 heteroatoms. The predicted octanol–water partition coefficient (Wildman–Crippen LogP) is 16.2. The van der Waals surface area contributed by atoms with Crippen LogP contribution in [0.1, 0.15) is 63.5 Å². The minimum absolute atomic E-state index is 0. The average molecular weight is 869 g/mol. The molecule has 0 aliphatic rings. The van der Waals surface area contributed by atoms with E-state index in [1.54, 1.807) is 0 Å². The number of benzene rings is 6. The van der Waals surface area contributed by atoms with Crippen molar-refractivity contribution in [2.45, 2.75) is 52.4 Å². The van der Waals surface area contributed by atoms with Crippen LogP contribution in [0.25, 0.3) is 66.1 Å².